The van der Waals surface area contributed by atoms with E-state index in [0.717, 1.165) is 11.1 Å². The molecular weight excluding hydrogens is 520 g/mol. The normalized spacial score (nSPS) is 12.1. The number of ether oxygens (including phenoxy) is 1. The number of carbonyl (C=O) groups is 1. The molecule has 0 aliphatic heterocycles. The highest BCUT2D eigenvalue weighted by Crippen LogP contribution is 2.32. The van der Waals surface area contributed by atoms with Crippen molar-refractivity contribution in [1.29, 1.82) is 0 Å². The third-order valence-corrected chi connectivity index (χ3v) is 7.95. The molecule has 4 aromatic carbocycles. The smallest absolute Gasteiger partial charge is 0.243 e. The Bertz CT molecular complexity index is 1520. The summed E-state index contributed by atoms with van der Waals surface area (Å²) in [6.07, 6.45) is 0.144. The Morgan fingerprint density at radius 3 is 2.11 bits per heavy atom. The van der Waals surface area contributed by atoms with Crippen molar-refractivity contribution in [2.24, 2.45) is 0 Å². The third kappa shape index (κ3) is 6.81. The third-order valence-electron chi connectivity index (χ3n) is 5.94. The van der Waals surface area contributed by atoms with Gasteiger partial charge in [-0.1, -0.05) is 77.8 Å². The highest BCUT2D eigenvalue weighted by atomic mass is 35.5. The molecule has 0 aliphatic rings. The Morgan fingerprint density at radius 1 is 0.868 bits per heavy atom. The number of amides is 1. The van der Waals surface area contributed by atoms with Crippen LogP contribution in [0.4, 0.5) is 5.69 Å². The van der Waals surface area contributed by atoms with Crippen LogP contribution in [0.3, 0.4) is 0 Å². The number of rotatable bonds is 9. The van der Waals surface area contributed by atoms with E-state index in [0.29, 0.717) is 33.3 Å². The minimum absolute atomic E-state index is 0.144. The number of halogens is 1. The molecular formula is C30H29ClN2O4S. The quantitative estimate of drug-likeness (QED) is 0.247. The number of anilines is 1. The minimum Gasteiger partial charge on any atom is -0.455 e. The molecule has 0 aliphatic carbocycles. The summed E-state index contributed by atoms with van der Waals surface area (Å²) in [4.78, 5) is 13.8. The van der Waals surface area contributed by atoms with E-state index in [2.05, 4.69) is 10.0 Å². The van der Waals surface area contributed by atoms with Crippen LogP contribution in [0, 0.1) is 20.8 Å². The van der Waals surface area contributed by atoms with Crippen LogP contribution in [0.1, 0.15) is 22.3 Å². The Kier molecular flexibility index (Phi) is 8.52. The van der Waals surface area contributed by atoms with Crippen LogP contribution < -0.4 is 14.8 Å². The molecule has 0 spiro atoms. The molecule has 6 nitrogen and oxygen atoms in total. The number of sulfonamides is 1. The predicted octanol–water partition coefficient (Wildman–Crippen LogP) is 6.59. The van der Waals surface area contributed by atoms with Gasteiger partial charge >= 0.3 is 0 Å². The zero-order chi connectivity index (χ0) is 27.3. The van der Waals surface area contributed by atoms with Crippen molar-refractivity contribution in [3.63, 3.8) is 0 Å². The second kappa shape index (κ2) is 11.8. The molecule has 1 amide bonds. The van der Waals surface area contributed by atoms with E-state index in [9.17, 15) is 13.2 Å². The number of carbonyl (C=O) groups excluding carboxylic acids is 1. The zero-order valence-corrected chi connectivity index (χ0v) is 22.9. The summed E-state index contributed by atoms with van der Waals surface area (Å²) in [6, 6.07) is 25.8. The van der Waals surface area contributed by atoms with Crippen molar-refractivity contribution in [1.82, 2.24) is 4.72 Å². The van der Waals surface area contributed by atoms with Crippen molar-refractivity contribution in [3.05, 3.63) is 118 Å². The number of para-hydroxylation sites is 1. The molecule has 1 unspecified atom stereocenters. The molecule has 0 saturated heterocycles. The summed E-state index contributed by atoms with van der Waals surface area (Å²) < 4.78 is 35.7. The average molecular weight is 549 g/mol. The van der Waals surface area contributed by atoms with Gasteiger partial charge in [0, 0.05) is 5.02 Å². The second-order valence-corrected chi connectivity index (χ2v) is 11.2. The monoisotopic (exact) mass is 548 g/mol. The summed E-state index contributed by atoms with van der Waals surface area (Å²) in [7, 11) is -4.03. The minimum atomic E-state index is -4.03. The fourth-order valence-corrected chi connectivity index (χ4v) is 6.22. The van der Waals surface area contributed by atoms with Crippen molar-refractivity contribution in [2.45, 2.75) is 38.1 Å². The van der Waals surface area contributed by atoms with Crippen LogP contribution in [-0.2, 0) is 21.2 Å². The fourth-order valence-electron chi connectivity index (χ4n) is 4.40. The van der Waals surface area contributed by atoms with Crippen molar-refractivity contribution in [3.8, 4) is 11.5 Å². The molecule has 38 heavy (non-hydrogen) atoms. The van der Waals surface area contributed by atoms with Crippen LogP contribution in [0.15, 0.2) is 95.9 Å². The van der Waals surface area contributed by atoms with Crippen molar-refractivity contribution < 1.29 is 17.9 Å². The molecule has 4 rings (SSSR count). The fraction of sp³-hybridized carbons (Fsp3) is 0.167. The highest BCUT2D eigenvalue weighted by molar-refractivity contribution is 7.89. The molecule has 0 heterocycles. The van der Waals surface area contributed by atoms with E-state index in [1.54, 1.807) is 44.2 Å². The molecule has 1 atom stereocenters. The van der Waals surface area contributed by atoms with E-state index in [1.165, 1.54) is 0 Å². The Labute approximate surface area is 228 Å². The summed E-state index contributed by atoms with van der Waals surface area (Å²) in [5.41, 5.74) is 3.32. The van der Waals surface area contributed by atoms with Crippen LogP contribution in [0.25, 0.3) is 0 Å². The Balaban J connectivity index is 1.66. The van der Waals surface area contributed by atoms with Crippen molar-refractivity contribution >= 4 is 33.2 Å². The zero-order valence-electron chi connectivity index (χ0n) is 21.4. The SMILES string of the molecule is Cc1cc(C)c(S(=O)(=O)NC(Cc2ccccc2)C(=O)Nc2cc(Cl)ccc2Oc2ccccc2)c(C)c1. The van der Waals surface area contributed by atoms with E-state index < -0.39 is 22.0 Å². The molecule has 8 heteroatoms. The molecule has 0 fully saturated rings. The van der Waals surface area contributed by atoms with Crippen LogP contribution >= 0.6 is 11.6 Å². The lowest BCUT2D eigenvalue weighted by atomic mass is 10.1. The van der Waals surface area contributed by atoms with Crippen molar-refractivity contribution in [2.75, 3.05) is 5.32 Å². The van der Waals surface area contributed by atoms with Gasteiger partial charge in [0.2, 0.25) is 15.9 Å². The molecule has 0 bridgehead atoms. The predicted molar refractivity (Wildman–Crippen MR) is 152 cm³/mol. The van der Waals surface area contributed by atoms with Gasteiger partial charge in [0.05, 0.1) is 10.6 Å². The van der Waals surface area contributed by atoms with Gasteiger partial charge in [-0.3, -0.25) is 4.79 Å². The second-order valence-electron chi connectivity index (χ2n) is 9.14. The molecule has 196 valence electrons. The topological polar surface area (TPSA) is 84.5 Å². The maximum absolute atomic E-state index is 13.6. The highest BCUT2D eigenvalue weighted by Gasteiger charge is 2.29. The first-order chi connectivity index (χ1) is 18.1. The van der Waals surface area contributed by atoms with Crippen LogP contribution in [-0.4, -0.2) is 20.4 Å². The van der Waals surface area contributed by atoms with Gasteiger partial charge in [0.25, 0.3) is 0 Å². The first-order valence-corrected chi connectivity index (χ1v) is 14.0. The summed E-state index contributed by atoms with van der Waals surface area (Å²) in [6.45, 7) is 5.41. The number of hydrogen-bond donors (Lipinski definition) is 2. The lowest BCUT2D eigenvalue weighted by molar-refractivity contribution is -0.117. The Hall–Kier alpha value is -3.65. The lowest BCUT2D eigenvalue weighted by Gasteiger charge is -2.21. The van der Waals surface area contributed by atoms with Gasteiger partial charge < -0.3 is 10.1 Å². The van der Waals surface area contributed by atoms with Crippen LogP contribution in [0.5, 0.6) is 11.5 Å². The van der Waals surface area contributed by atoms with Gasteiger partial charge in [-0.25, -0.2) is 8.42 Å². The summed E-state index contributed by atoms with van der Waals surface area (Å²) >= 11 is 6.23. The summed E-state index contributed by atoms with van der Waals surface area (Å²) in [5, 5.41) is 3.22. The van der Waals surface area contributed by atoms with E-state index in [-0.39, 0.29) is 11.3 Å². The molecule has 0 radical (unpaired) electrons. The molecule has 0 aromatic heterocycles. The Morgan fingerprint density at radius 2 is 1.47 bits per heavy atom. The number of hydrogen-bond acceptors (Lipinski definition) is 4. The molecule has 0 saturated carbocycles. The first kappa shape index (κ1) is 27.4. The molecule has 2 N–H and O–H groups in total. The average Bonchev–Trinajstić information content (AvgIpc) is 2.85. The molecule has 4 aromatic rings. The maximum atomic E-state index is 13.6. The van der Waals surface area contributed by atoms with E-state index >= 15 is 0 Å². The standard InChI is InChI=1S/C30H29ClN2O4S/c1-20-16-21(2)29(22(3)17-20)38(35,36)33-27(18-23-10-6-4-7-11-23)30(34)32-26-19-24(31)14-15-28(26)37-25-12-8-5-9-13-25/h4-17,19,27,33H,18H2,1-3H3,(H,32,34). The number of aryl methyl sites for hydroxylation is 3. The number of nitrogens with one attached hydrogen (secondary N) is 2. The maximum Gasteiger partial charge on any atom is 0.243 e. The van der Waals surface area contributed by atoms with Gasteiger partial charge in [0.15, 0.2) is 5.75 Å². The lowest BCUT2D eigenvalue weighted by Crippen LogP contribution is -2.45. The van der Waals surface area contributed by atoms with Gasteiger partial charge in [-0.05, 0) is 74.2 Å². The first-order valence-electron chi connectivity index (χ1n) is 12.1. The van der Waals surface area contributed by atoms with Gasteiger partial charge in [-0.15, -0.1) is 0 Å². The van der Waals surface area contributed by atoms with Gasteiger partial charge in [-0.2, -0.15) is 4.72 Å². The largest absolute Gasteiger partial charge is 0.455 e. The van der Waals surface area contributed by atoms with E-state index in [4.69, 9.17) is 16.3 Å². The van der Waals surface area contributed by atoms with Crippen LogP contribution in [0.2, 0.25) is 5.02 Å². The van der Waals surface area contributed by atoms with Gasteiger partial charge in [0.1, 0.15) is 11.8 Å². The number of benzene rings is 4. The van der Waals surface area contributed by atoms with E-state index in [1.807, 2.05) is 67.6 Å². The summed E-state index contributed by atoms with van der Waals surface area (Å²) in [5.74, 6) is 0.415.